The Hall–Kier alpha value is -1.89. The Kier molecular flexibility index (Phi) is 5.68. The van der Waals surface area contributed by atoms with Gasteiger partial charge in [0.15, 0.2) is 9.84 Å². The molecule has 1 amide bonds. The number of nitrogens with zero attached hydrogens (tertiary/aromatic N) is 1. The Bertz CT molecular complexity index is 1050. The maximum atomic E-state index is 13.3. The molecule has 0 unspecified atom stereocenters. The number of fused-ring (bicyclic) bond motifs is 3. The largest absolute Gasteiger partial charge is 0.343 e. The van der Waals surface area contributed by atoms with E-state index in [9.17, 15) is 13.2 Å². The van der Waals surface area contributed by atoms with Crippen molar-refractivity contribution in [1.29, 1.82) is 0 Å². The molecule has 3 fully saturated rings. The molecule has 3 aliphatic rings. The van der Waals surface area contributed by atoms with E-state index in [0.717, 1.165) is 50.0 Å². The Balaban J connectivity index is 1.72. The predicted molar refractivity (Wildman–Crippen MR) is 119 cm³/mol. The molecular weight excluding hydrogens is 420 g/mol. The first-order valence-corrected chi connectivity index (χ1v) is 12.5. The highest BCUT2D eigenvalue weighted by Crippen LogP contribution is 2.49. The van der Waals surface area contributed by atoms with Crippen molar-refractivity contribution < 1.29 is 13.2 Å². The van der Waals surface area contributed by atoms with Crippen LogP contribution in [0.15, 0.2) is 53.4 Å². The fourth-order valence-corrected chi connectivity index (χ4v) is 5.96. The zero-order valence-corrected chi connectivity index (χ0v) is 18.8. The van der Waals surface area contributed by atoms with Crippen LogP contribution in [0.3, 0.4) is 0 Å². The van der Waals surface area contributed by atoms with E-state index in [1.165, 1.54) is 18.2 Å². The quantitative estimate of drug-likeness (QED) is 0.751. The summed E-state index contributed by atoms with van der Waals surface area (Å²) in [5, 5.41) is 3.47. The lowest BCUT2D eigenvalue weighted by atomic mass is 9.66. The Labute approximate surface area is 183 Å². The third-order valence-corrected chi connectivity index (χ3v) is 8.26. The van der Waals surface area contributed by atoms with Gasteiger partial charge in [-0.1, -0.05) is 41.9 Å². The first-order chi connectivity index (χ1) is 14.2. The van der Waals surface area contributed by atoms with Gasteiger partial charge in [-0.15, -0.1) is 0 Å². The number of carbonyl (C=O) groups excluding carboxylic acids is 1. The first-order valence-electron chi connectivity index (χ1n) is 10.3. The lowest BCUT2D eigenvalue weighted by molar-refractivity contribution is -0.0404. The molecule has 2 saturated heterocycles. The summed E-state index contributed by atoms with van der Waals surface area (Å²) < 4.78 is 23.9. The first kappa shape index (κ1) is 21.3. The van der Waals surface area contributed by atoms with Gasteiger partial charge in [-0.3, -0.25) is 9.69 Å². The van der Waals surface area contributed by atoms with E-state index < -0.39 is 9.84 Å². The van der Waals surface area contributed by atoms with Crippen LogP contribution in [0.5, 0.6) is 0 Å². The second-order valence-corrected chi connectivity index (χ2v) is 11.1. The van der Waals surface area contributed by atoms with Gasteiger partial charge in [0.2, 0.25) is 0 Å². The number of rotatable bonds is 5. The number of piperidine rings is 2. The lowest BCUT2D eigenvalue weighted by Crippen LogP contribution is -2.62. The van der Waals surface area contributed by atoms with Gasteiger partial charge in [0, 0.05) is 18.3 Å². The van der Waals surface area contributed by atoms with E-state index in [-0.39, 0.29) is 33.0 Å². The lowest BCUT2D eigenvalue weighted by Gasteiger charge is -2.57. The van der Waals surface area contributed by atoms with Crippen LogP contribution in [-0.2, 0) is 9.84 Å². The van der Waals surface area contributed by atoms with Crippen LogP contribution < -0.4 is 5.32 Å². The van der Waals surface area contributed by atoms with Gasteiger partial charge >= 0.3 is 0 Å². The molecule has 5 rings (SSSR count). The number of amides is 1. The predicted octanol–water partition coefficient (Wildman–Crippen LogP) is 4.09. The highest BCUT2D eigenvalue weighted by molar-refractivity contribution is 7.90. The number of hydrogen-bond acceptors (Lipinski definition) is 4. The van der Waals surface area contributed by atoms with E-state index >= 15 is 0 Å². The Morgan fingerprint density at radius 2 is 1.83 bits per heavy atom. The van der Waals surface area contributed by atoms with Crippen LogP contribution in [0.2, 0.25) is 5.02 Å². The van der Waals surface area contributed by atoms with Crippen LogP contribution in [0.25, 0.3) is 0 Å². The second kappa shape index (κ2) is 7.98. The van der Waals surface area contributed by atoms with Crippen LogP contribution in [0.1, 0.15) is 47.6 Å². The van der Waals surface area contributed by atoms with Crippen LogP contribution in [0.4, 0.5) is 0 Å². The third kappa shape index (κ3) is 3.88. The summed E-state index contributed by atoms with van der Waals surface area (Å²) in [6, 6.07) is 14.1. The number of hydrogen-bond donors (Lipinski definition) is 1. The molecule has 2 aromatic rings. The van der Waals surface area contributed by atoms with Crippen LogP contribution in [0, 0.1) is 5.92 Å². The number of halogens is 1. The summed E-state index contributed by atoms with van der Waals surface area (Å²) in [4.78, 5) is 15.8. The average Bonchev–Trinajstić information content (AvgIpc) is 2.73. The monoisotopic (exact) mass is 446 g/mol. The minimum Gasteiger partial charge on any atom is -0.343 e. The number of likely N-dealkylation sites (N-methyl/N-ethyl adjacent to an activating group) is 1. The fraction of sp³-hybridized carbons (Fsp3) is 0.435. The molecule has 1 N–H and O–H groups in total. The summed E-state index contributed by atoms with van der Waals surface area (Å²) in [5.41, 5.74) is 1.07. The average molecular weight is 447 g/mol. The van der Waals surface area contributed by atoms with E-state index in [0.29, 0.717) is 0 Å². The minimum absolute atomic E-state index is 0.0850. The number of sulfone groups is 1. The van der Waals surface area contributed by atoms with Gasteiger partial charge in [0.1, 0.15) is 0 Å². The van der Waals surface area contributed by atoms with Crippen molar-refractivity contribution in [2.75, 3.05) is 19.8 Å². The van der Waals surface area contributed by atoms with Crippen LogP contribution in [-0.4, -0.2) is 44.6 Å². The van der Waals surface area contributed by atoms with E-state index in [2.05, 4.69) is 17.3 Å². The molecule has 5 nitrogen and oxygen atoms in total. The number of nitrogens with one attached hydrogen (secondary N) is 1. The molecule has 2 aliphatic heterocycles. The zero-order chi connectivity index (χ0) is 21.5. The standard InChI is InChI=1S/C23H27ClN2O3S/c1-26-15-16-10-12-23(26,13-11-16)21(17-6-4-3-5-7-17)25-22(27)19-14-18(30(2,28)29)8-9-20(19)24/h3-9,14,16,21H,10-13,15H2,1-2H3,(H,25,27)/t16?,21-,23?/m1/s1. The van der Waals surface area contributed by atoms with Gasteiger partial charge in [0.05, 0.1) is 21.5 Å². The molecule has 1 atom stereocenters. The molecule has 0 radical (unpaired) electrons. The molecule has 1 saturated carbocycles. The van der Waals surface area contributed by atoms with Gasteiger partial charge in [-0.2, -0.15) is 0 Å². The topological polar surface area (TPSA) is 66.5 Å². The van der Waals surface area contributed by atoms with Crippen LogP contribution >= 0.6 is 11.6 Å². The van der Waals surface area contributed by atoms with Crippen molar-refractivity contribution in [3.05, 3.63) is 64.7 Å². The summed E-state index contributed by atoms with van der Waals surface area (Å²) in [7, 11) is -1.30. The summed E-state index contributed by atoms with van der Waals surface area (Å²) in [5.74, 6) is 0.375. The molecule has 0 aromatic heterocycles. The molecule has 1 aliphatic carbocycles. The third-order valence-electron chi connectivity index (χ3n) is 6.82. The molecule has 160 valence electrons. The molecule has 7 heteroatoms. The van der Waals surface area contributed by atoms with Crippen molar-refractivity contribution in [3.8, 4) is 0 Å². The normalized spacial score (nSPS) is 25.1. The summed E-state index contributed by atoms with van der Waals surface area (Å²) >= 11 is 6.30. The Morgan fingerprint density at radius 3 is 2.43 bits per heavy atom. The maximum absolute atomic E-state index is 13.3. The van der Waals surface area contributed by atoms with Gasteiger partial charge in [0.25, 0.3) is 5.91 Å². The van der Waals surface area contributed by atoms with Crippen molar-refractivity contribution in [2.45, 2.75) is 42.2 Å². The van der Waals surface area contributed by atoms with E-state index in [1.807, 2.05) is 30.3 Å². The molecule has 2 bridgehead atoms. The Morgan fingerprint density at radius 1 is 1.17 bits per heavy atom. The van der Waals surface area contributed by atoms with Crippen molar-refractivity contribution in [3.63, 3.8) is 0 Å². The van der Waals surface area contributed by atoms with Crippen molar-refractivity contribution in [2.24, 2.45) is 5.92 Å². The molecule has 2 heterocycles. The summed E-state index contributed by atoms with van der Waals surface area (Å²) in [6.07, 6.45) is 5.48. The number of benzene rings is 2. The van der Waals surface area contributed by atoms with Gasteiger partial charge in [-0.25, -0.2) is 8.42 Å². The summed E-state index contributed by atoms with van der Waals surface area (Å²) in [6.45, 7) is 1.03. The highest BCUT2D eigenvalue weighted by Gasteiger charge is 2.50. The molecule has 30 heavy (non-hydrogen) atoms. The molecular formula is C23H27ClN2O3S. The fourth-order valence-electron chi connectivity index (χ4n) is 5.11. The van der Waals surface area contributed by atoms with Crippen molar-refractivity contribution in [1.82, 2.24) is 10.2 Å². The smallest absolute Gasteiger partial charge is 0.253 e. The highest BCUT2D eigenvalue weighted by atomic mass is 35.5. The minimum atomic E-state index is -3.44. The van der Waals surface area contributed by atoms with E-state index in [4.69, 9.17) is 11.6 Å². The SMILES string of the molecule is CN1CC2CCC1([C@H](NC(=O)c1cc(S(C)(=O)=O)ccc1Cl)c1ccccc1)CC2. The zero-order valence-electron chi connectivity index (χ0n) is 17.3. The second-order valence-electron chi connectivity index (χ2n) is 8.66. The van der Waals surface area contributed by atoms with Crippen molar-refractivity contribution >= 4 is 27.3 Å². The van der Waals surface area contributed by atoms with E-state index in [1.54, 1.807) is 0 Å². The molecule has 0 spiro atoms. The maximum Gasteiger partial charge on any atom is 0.253 e. The van der Waals surface area contributed by atoms with Gasteiger partial charge < -0.3 is 5.32 Å². The van der Waals surface area contributed by atoms with Gasteiger partial charge in [-0.05, 0) is 62.4 Å². The number of carbonyl (C=O) groups is 1. The molecule has 2 aromatic carbocycles.